The molecule has 0 radical (unpaired) electrons. The van der Waals surface area contributed by atoms with Crippen LogP contribution in [0.5, 0.6) is 0 Å². The van der Waals surface area contributed by atoms with Crippen LogP contribution in [0.4, 0.5) is 0 Å². The van der Waals surface area contributed by atoms with E-state index in [1.807, 2.05) is 0 Å². The van der Waals surface area contributed by atoms with E-state index in [-0.39, 0.29) is 19.3 Å². The van der Waals surface area contributed by atoms with Crippen molar-refractivity contribution in [2.24, 2.45) is 5.73 Å². The Hall–Kier alpha value is -1.43. The van der Waals surface area contributed by atoms with Crippen LogP contribution in [0, 0.1) is 0 Å². The summed E-state index contributed by atoms with van der Waals surface area (Å²) < 4.78 is 11.4. The first-order valence-corrected chi connectivity index (χ1v) is 19.6. The first-order valence-electron chi connectivity index (χ1n) is 19.6. The molecule has 0 aliphatic carbocycles. The Morgan fingerprint density at radius 2 is 0.822 bits per heavy atom. The molecule has 1 atom stereocenters. The number of unbranched alkanes of at least 4 members (excludes halogenated alkanes) is 20. The third-order valence-electron chi connectivity index (χ3n) is 9.20. The molecule has 0 amide bonds. The highest BCUT2D eigenvalue weighted by atomic mass is 16.6. The van der Waals surface area contributed by atoms with Gasteiger partial charge < -0.3 is 15.2 Å². The van der Waals surface area contributed by atoms with Gasteiger partial charge in [-0.3, -0.25) is 14.4 Å². The highest BCUT2D eigenvalue weighted by molar-refractivity contribution is 5.86. The van der Waals surface area contributed by atoms with E-state index in [1.165, 1.54) is 96.3 Å². The number of rotatable bonds is 33. The highest BCUT2D eigenvalue weighted by Crippen LogP contribution is 2.33. The maximum Gasteiger partial charge on any atom is 0.323 e. The van der Waals surface area contributed by atoms with Gasteiger partial charge in [0, 0.05) is 12.8 Å². The second kappa shape index (κ2) is 31.2. The van der Waals surface area contributed by atoms with Crippen molar-refractivity contribution in [3.63, 3.8) is 0 Å². The SMILES string of the molecule is CCCCCCCCCCCC(=O)OC(=O)CC[C@H](N)C(=O)OC(CCCCCC)(CCCCCC)CCCCCCCCC. The van der Waals surface area contributed by atoms with E-state index >= 15 is 0 Å². The average molecular weight is 638 g/mol. The van der Waals surface area contributed by atoms with Gasteiger partial charge in [0.05, 0.1) is 0 Å². The Labute approximate surface area is 279 Å². The third kappa shape index (κ3) is 26.3. The lowest BCUT2D eigenvalue weighted by atomic mass is 9.84. The van der Waals surface area contributed by atoms with Crippen molar-refractivity contribution in [3.05, 3.63) is 0 Å². The van der Waals surface area contributed by atoms with Crippen LogP contribution in [0.2, 0.25) is 0 Å². The zero-order valence-corrected chi connectivity index (χ0v) is 30.4. The van der Waals surface area contributed by atoms with Gasteiger partial charge in [0.15, 0.2) is 0 Å². The zero-order chi connectivity index (χ0) is 33.4. The number of nitrogens with two attached hydrogens (primary N) is 1. The zero-order valence-electron chi connectivity index (χ0n) is 30.4. The van der Waals surface area contributed by atoms with Gasteiger partial charge in [0.1, 0.15) is 11.6 Å². The average Bonchev–Trinajstić information content (AvgIpc) is 3.02. The molecule has 0 aromatic heterocycles. The maximum absolute atomic E-state index is 13.3. The molecule has 0 saturated heterocycles. The minimum Gasteiger partial charge on any atom is -0.458 e. The fourth-order valence-electron chi connectivity index (χ4n) is 6.17. The van der Waals surface area contributed by atoms with E-state index < -0.39 is 29.6 Å². The predicted octanol–water partition coefficient (Wildman–Crippen LogP) is 11.4. The van der Waals surface area contributed by atoms with Crippen LogP contribution < -0.4 is 5.73 Å². The molecule has 0 rings (SSSR count). The van der Waals surface area contributed by atoms with Gasteiger partial charge in [-0.25, -0.2) is 0 Å². The van der Waals surface area contributed by atoms with Crippen molar-refractivity contribution >= 4 is 17.9 Å². The summed E-state index contributed by atoms with van der Waals surface area (Å²) in [6.07, 6.45) is 31.1. The Morgan fingerprint density at radius 3 is 1.24 bits per heavy atom. The van der Waals surface area contributed by atoms with Crippen LogP contribution in [-0.2, 0) is 23.9 Å². The van der Waals surface area contributed by atoms with Crippen molar-refractivity contribution in [1.82, 2.24) is 0 Å². The maximum atomic E-state index is 13.3. The molecule has 0 aromatic rings. The molecule has 2 N–H and O–H groups in total. The summed E-state index contributed by atoms with van der Waals surface area (Å²) in [5.74, 6) is -1.50. The largest absolute Gasteiger partial charge is 0.458 e. The van der Waals surface area contributed by atoms with Crippen molar-refractivity contribution < 1.29 is 23.9 Å². The standard InChI is InChI=1S/C39H75NO5/c1-5-9-13-17-19-20-21-23-25-29-36(41)44-37(42)31-30-35(40)38(43)45-39(32-26-15-11-7-3,33-27-16-12-8-4)34-28-24-22-18-14-10-6-2/h35H,5-34,40H2,1-4H3/t35-/m0/s1. The van der Waals surface area contributed by atoms with E-state index in [2.05, 4.69) is 27.7 Å². The Bertz CT molecular complexity index is 698. The summed E-state index contributed by atoms with van der Waals surface area (Å²) in [5, 5.41) is 0. The number of esters is 3. The molecule has 6 nitrogen and oxygen atoms in total. The van der Waals surface area contributed by atoms with E-state index in [0.717, 1.165) is 77.0 Å². The number of hydrogen-bond donors (Lipinski definition) is 1. The van der Waals surface area contributed by atoms with Crippen molar-refractivity contribution in [2.45, 2.75) is 232 Å². The van der Waals surface area contributed by atoms with E-state index in [1.54, 1.807) is 0 Å². The smallest absolute Gasteiger partial charge is 0.323 e. The van der Waals surface area contributed by atoms with Crippen molar-refractivity contribution in [1.29, 1.82) is 0 Å². The number of carbonyl (C=O) groups excluding carboxylic acids is 3. The lowest BCUT2D eigenvalue weighted by Gasteiger charge is -2.35. The van der Waals surface area contributed by atoms with Gasteiger partial charge in [-0.15, -0.1) is 0 Å². The van der Waals surface area contributed by atoms with Gasteiger partial charge in [-0.1, -0.05) is 156 Å². The molecular weight excluding hydrogens is 562 g/mol. The third-order valence-corrected chi connectivity index (χ3v) is 9.20. The summed E-state index contributed by atoms with van der Waals surface area (Å²) in [6, 6.07) is -0.898. The molecule has 0 unspecified atom stereocenters. The fourth-order valence-corrected chi connectivity index (χ4v) is 6.17. The van der Waals surface area contributed by atoms with Gasteiger partial charge in [-0.2, -0.15) is 0 Å². The topological polar surface area (TPSA) is 95.7 Å². The van der Waals surface area contributed by atoms with Crippen molar-refractivity contribution in [3.8, 4) is 0 Å². The molecule has 6 heteroatoms. The van der Waals surface area contributed by atoms with E-state index in [4.69, 9.17) is 15.2 Å². The minimum atomic E-state index is -0.898. The summed E-state index contributed by atoms with van der Waals surface area (Å²) in [5.41, 5.74) is 5.80. The molecule has 0 spiro atoms. The molecule has 266 valence electrons. The predicted molar refractivity (Wildman–Crippen MR) is 189 cm³/mol. The molecule has 45 heavy (non-hydrogen) atoms. The molecular formula is C39H75NO5. The minimum absolute atomic E-state index is 0.0580. The van der Waals surface area contributed by atoms with Gasteiger partial charge in [-0.05, 0) is 51.4 Å². The summed E-state index contributed by atoms with van der Waals surface area (Å²) >= 11 is 0. The van der Waals surface area contributed by atoms with Gasteiger partial charge in [0.25, 0.3) is 0 Å². The summed E-state index contributed by atoms with van der Waals surface area (Å²) in [6.45, 7) is 8.89. The lowest BCUT2D eigenvalue weighted by Crippen LogP contribution is -2.42. The Morgan fingerprint density at radius 1 is 0.489 bits per heavy atom. The van der Waals surface area contributed by atoms with E-state index in [9.17, 15) is 14.4 Å². The van der Waals surface area contributed by atoms with E-state index in [0.29, 0.717) is 0 Å². The Balaban J connectivity index is 4.84. The van der Waals surface area contributed by atoms with Crippen LogP contribution in [0.1, 0.15) is 220 Å². The first kappa shape index (κ1) is 43.6. The van der Waals surface area contributed by atoms with Crippen LogP contribution in [0.15, 0.2) is 0 Å². The normalized spacial score (nSPS) is 12.3. The second-order valence-electron chi connectivity index (χ2n) is 13.7. The molecule has 0 fully saturated rings. The monoisotopic (exact) mass is 638 g/mol. The van der Waals surface area contributed by atoms with Gasteiger partial charge in [0.2, 0.25) is 0 Å². The summed E-state index contributed by atoms with van der Waals surface area (Å²) in [7, 11) is 0. The van der Waals surface area contributed by atoms with Crippen molar-refractivity contribution in [2.75, 3.05) is 0 Å². The molecule has 0 saturated carbocycles. The number of ether oxygens (including phenoxy) is 2. The highest BCUT2D eigenvalue weighted by Gasteiger charge is 2.34. The van der Waals surface area contributed by atoms with Crippen LogP contribution in [-0.4, -0.2) is 29.6 Å². The fraction of sp³-hybridized carbons (Fsp3) is 0.923. The first-order chi connectivity index (χ1) is 21.8. The summed E-state index contributed by atoms with van der Waals surface area (Å²) in [4.78, 5) is 37.8. The number of hydrogen-bond acceptors (Lipinski definition) is 6. The van der Waals surface area contributed by atoms with Crippen LogP contribution in [0.25, 0.3) is 0 Å². The van der Waals surface area contributed by atoms with Gasteiger partial charge >= 0.3 is 17.9 Å². The molecule has 0 aliphatic rings. The van der Waals surface area contributed by atoms with Crippen LogP contribution >= 0.6 is 0 Å². The Kier molecular flexibility index (Phi) is 30.2. The second-order valence-corrected chi connectivity index (χ2v) is 13.7. The molecule has 0 heterocycles. The number of carbonyl (C=O) groups is 3. The van der Waals surface area contributed by atoms with Crippen LogP contribution in [0.3, 0.4) is 0 Å². The molecule has 0 aromatic carbocycles. The quantitative estimate of drug-likeness (QED) is 0.0437. The molecule has 0 aliphatic heterocycles. The molecule has 0 bridgehead atoms. The lowest BCUT2D eigenvalue weighted by molar-refractivity contribution is -0.165.